The van der Waals surface area contributed by atoms with Crippen molar-refractivity contribution in [2.45, 2.75) is 0 Å². The Hall–Kier alpha value is -2.24. The monoisotopic (exact) mass is 261 g/mol. The lowest BCUT2D eigenvalue weighted by molar-refractivity contribution is 0.501. The summed E-state index contributed by atoms with van der Waals surface area (Å²) in [4.78, 5) is 4.23. The Kier molecular flexibility index (Phi) is 2.59. The van der Waals surface area contributed by atoms with Crippen LogP contribution < -0.4 is 5.46 Å². The lowest BCUT2D eigenvalue weighted by Gasteiger charge is -2.15. The summed E-state index contributed by atoms with van der Waals surface area (Å²) in [6.45, 7) is -4.94. The van der Waals surface area contributed by atoms with Crippen molar-refractivity contribution in [3.63, 3.8) is 0 Å². The van der Waals surface area contributed by atoms with E-state index in [9.17, 15) is 12.9 Å². The third-order valence-electron chi connectivity index (χ3n) is 3.00. The van der Waals surface area contributed by atoms with E-state index in [2.05, 4.69) is 4.98 Å². The molecule has 0 radical (unpaired) electrons. The zero-order chi connectivity index (χ0) is 13.5. The van der Waals surface area contributed by atoms with Gasteiger partial charge >= 0.3 is 6.98 Å². The predicted molar refractivity (Wildman–Crippen MR) is 69.8 cm³/mol. The van der Waals surface area contributed by atoms with E-state index in [0.717, 1.165) is 23.2 Å². The van der Waals surface area contributed by atoms with Crippen LogP contribution in [0.25, 0.3) is 16.7 Å². The van der Waals surface area contributed by atoms with E-state index in [0.29, 0.717) is 5.69 Å². The van der Waals surface area contributed by atoms with Crippen LogP contribution in [0.2, 0.25) is 0 Å². The van der Waals surface area contributed by atoms with Crippen molar-refractivity contribution in [1.82, 2.24) is 9.55 Å². The van der Waals surface area contributed by atoms with E-state index in [1.165, 1.54) is 12.1 Å². The van der Waals surface area contributed by atoms with Gasteiger partial charge in [0, 0.05) is 23.5 Å². The van der Waals surface area contributed by atoms with Crippen LogP contribution in [0.5, 0.6) is 0 Å². The highest BCUT2D eigenvalue weighted by Crippen LogP contribution is 2.18. The van der Waals surface area contributed by atoms with E-state index in [1.807, 2.05) is 18.2 Å². The predicted octanol–water partition coefficient (Wildman–Crippen LogP) is 3.08. The highest BCUT2D eigenvalue weighted by atomic mass is 19.4. The van der Waals surface area contributed by atoms with Crippen molar-refractivity contribution in [2.75, 3.05) is 0 Å². The van der Waals surface area contributed by atoms with Gasteiger partial charge in [0.1, 0.15) is 5.65 Å². The average Bonchev–Trinajstić information content (AvgIpc) is 2.82. The molecule has 0 N–H and O–H groups in total. The van der Waals surface area contributed by atoms with Gasteiger partial charge in [-0.2, -0.15) is 0 Å². The number of benzene rings is 1. The summed E-state index contributed by atoms with van der Waals surface area (Å²) in [5, 5.41) is 0.951. The van der Waals surface area contributed by atoms with Gasteiger partial charge in [-0.1, -0.05) is 12.1 Å². The first-order valence-electron chi connectivity index (χ1n) is 5.78. The minimum absolute atomic E-state index is 0.590. The van der Waals surface area contributed by atoms with Gasteiger partial charge in [0.15, 0.2) is 0 Å². The third kappa shape index (κ3) is 2.09. The number of hydrogen-bond acceptors (Lipinski definition) is 1. The zero-order valence-corrected chi connectivity index (χ0v) is 9.80. The molecule has 0 aliphatic rings. The number of halogens is 3. The minimum atomic E-state index is -4.94. The van der Waals surface area contributed by atoms with E-state index in [1.54, 1.807) is 17.0 Å². The maximum Gasteiger partial charge on any atom is 0.509 e. The summed E-state index contributed by atoms with van der Waals surface area (Å²) >= 11 is 0. The molecule has 2 nitrogen and oxygen atoms in total. The van der Waals surface area contributed by atoms with Gasteiger partial charge in [0.05, 0.1) is 0 Å². The number of hydrogen-bond donors (Lipinski definition) is 0. The van der Waals surface area contributed by atoms with Crippen LogP contribution in [0.1, 0.15) is 0 Å². The Bertz CT molecular complexity index is 717. The zero-order valence-electron chi connectivity index (χ0n) is 9.80. The molecule has 3 aromatic rings. The van der Waals surface area contributed by atoms with Gasteiger partial charge in [0.2, 0.25) is 0 Å². The number of fused-ring (bicyclic) bond motifs is 1. The molecule has 3 rings (SSSR count). The SMILES string of the molecule is F[B-](F)(F)c1ccc(-n2ccc3cccnc32)cc1. The molecule has 2 heterocycles. The van der Waals surface area contributed by atoms with Crippen molar-refractivity contribution in [3.8, 4) is 5.69 Å². The first kappa shape index (κ1) is 11.8. The summed E-state index contributed by atoms with van der Waals surface area (Å²) in [6.07, 6.45) is 3.46. The van der Waals surface area contributed by atoms with Crippen molar-refractivity contribution >= 4 is 23.5 Å². The van der Waals surface area contributed by atoms with Crippen molar-refractivity contribution in [1.29, 1.82) is 0 Å². The quantitative estimate of drug-likeness (QED) is 0.648. The highest BCUT2D eigenvalue weighted by molar-refractivity contribution is 6.73. The Morgan fingerprint density at radius 3 is 2.37 bits per heavy atom. The second kappa shape index (κ2) is 4.15. The first-order chi connectivity index (χ1) is 9.05. The molecule has 0 saturated carbocycles. The molecular formula is C13H9BF3N2-. The fraction of sp³-hybridized carbons (Fsp3) is 0. The molecule has 0 aliphatic heterocycles. The molecule has 0 spiro atoms. The Balaban J connectivity index is 2.07. The van der Waals surface area contributed by atoms with Gasteiger partial charge in [-0.15, -0.1) is 5.46 Å². The van der Waals surface area contributed by atoms with E-state index in [4.69, 9.17) is 0 Å². The molecule has 6 heteroatoms. The Morgan fingerprint density at radius 1 is 0.947 bits per heavy atom. The third-order valence-corrected chi connectivity index (χ3v) is 3.00. The fourth-order valence-corrected chi connectivity index (χ4v) is 2.03. The Labute approximate surface area is 107 Å². The van der Waals surface area contributed by atoms with Crippen LogP contribution in [0.3, 0.4) is 0 Å². The van der Waals surface area contributed by atoms with Gasteiger partial charge in [-0.3, -0.25) is 0 Å². The van der Waals surface area contributed by atoms with Crippen LogP contribution in [0.4, 0.5) is 12.9 Å². The van der Waals surface area contributed by atoms with Crippen LogP contribution in [0, 0.1) is 0 Å². The second-order valence-electron chi connectivity index (χ2n) is 4.27. The van der Waals surface area contributed by atoms with Crippen molar-refractivity contribution in [3.05, 3.63) is 54.9 Å². The standard InChI is InChI=1S/C13H9BF3N2/c15-14(16,17)11-3-5-12(6-4-11)19-9-7-10-2-1-8-18-13(10)19/h1-9H/q-1. The lowest BCUT2D eigenvalue weighted by atomic mass is 9.80. The molecule has 19 heavy (non-hydrogen) atoms. The first-order valence-corrected chi connectivity index (χ1v) is 5.78. The normalized spacial score (nSPS) is 11.9. The molecule has 0 fully saturated rings. The molecule has 2 aromatic heterocycles. The maximum absolute atomic E-state index is 12.6. The maximum atomic E-state index is 12.6. The van der Waals surface area contributed by atoms with Crippen LogP contribution in [0.15, 0.2) is 54.9 Å². The van der Waals surface area contributed by atoms with Crippen LogP contribution in [-0.2, 0) is 0 Å². The smallest absolute Gasteiger partial charge is 0.445 e. The second-order valence-corrected chi connectivity index (χ2v) is 4.27. The molecule has 0 unspecified atom stereocenters. The average molecular weight is 261 g/mol. The fourth-order valence-electron chi connectivity index (χ4n) is 2.03. The molecule has 0 bridgehead atoms. The molecule has 0 saturated heterocycles. The highest BCUT2D eigenvalue weighted by Gasteiger charge is 2.25. The molecular weight excluding hydrogens is 252 g/mol. The number of nitrogens with zero attached hydrogens (tertiary/aromatic N) is 2. The summed E-state index contributed by atoms with van der Waals surface area (Å²) in [6, 6.07) is 10.7. The van der Waals surface area contributed by atoms with E-state index < -0.39 is 12.4 Å². The van der Waals surface area contributed by atoms with Crippen molar-refractivity contribution in [2.24, 2.45) is 0 Å². The van der Waals surface area contributed by atoms with Crippen LogP contribution >= 0.6 is 0 Å². The summed E-state index contributed by atoms with van der Waals surface area (Å²) in [7, 11) is 0. The summed E-state index contributed by atoms with van der Waals surface area (Å²) in [5.41, 5.74) is 0.804. The van der Waals surface area contributed by atoms with Crippen molar-refractivity contribution < 1.29 is 12.9 Å². The van der Waals surface area contributed by atoms with Gasteiger partial charge in [-0.25, -0.2) is 4.98 Å². The van der Waals surface area contributed by atoms with Gasteiger partial charge < -0.3 is 17.5 Å². The molecule has 0 aliphatic carbocycles. The lowest BCUT2D eigenvalue weighted by Crippen LogP contribution is -2.33. The molecule has 0 amide bonds. The molecule has 96 valence electrons. The molecule has 1 aromatic carbocycles. The topological polar surface area (TPSA) is 17.8 Å². The largest absolute Gasteiger partial charge is 0.509 e. The molecule has 0 atom stereocenters. The minimum Gasteiger partial charge on any atom is -0.445 e. The summed E-state index contributed by atoms with van der Waals surface area (Å²) in [5.74, 6) is 0. The van der Waals surface area contributed by atoms with Gasteiger partial charge in [-0.05, 0) is 30.3 Å². The number of aromatic nitrogens is 2. The van der Waals surface area contributed by atoms with E-state index in [-0.39, 0.29) is 0 Å². The van der Waals surface area contributed by atoms with E-state index >= 15 is 0 Å². The summed E-state index contributed by atoms with van der Waals surface area (Å²) < 4.78 is 39.4. The number of pyridine rings is 1. The van der Waals surface area contributed by atoms with Crippen LogP contribution in [-0.4, -0.2) is 16.5 Å². The number of rotatable bonds is 2. The Morgan fingerprint density at radius 2 is 1.68 bits per heavy atom. The van der Waals surface area contributed by atoms with Gasteiger partial charge in [0.25, 0.3) is 0 Å².